The van der Waals surface area contributed by atoms with Gasteiger partial charge in [-0.1, -0.05) is 6.07 Å². The molecule has 0 unspecified atom stereocenters. The molecule has 0 saturated carbocycles. The van der Waals surface area contributed by atoms with E-state index in [1.54, 1.807) is 6.07 Å². The van der Waals surface area contributed by atoms with Crippen LogP contribution >= 0.6 is 0 Å². The fourth-order valence-corrected chi connectivity index (χ4v) is 1.27. The molecule has 1 amide bonds. The first-order valence-corrected chi connectivity index (χ1v) is 5.46. The van der Waals surface area contributed by atoms with Crippen LogP contribution in [0.4, 0.5) is 4.39 Å². The van der Waals surface area contributed by atoms with Crippen molar-refractivity contribution < 1.29 is 19.0 Å². The fraction of sp³-hybridized carbons (Fsp3) is 0.417. The van der Waals surface area contributed by atoms with Crippen LogP contribution in [0.15, 0.2) is 24.3 Å². The Balaban J connectivity index is 2.21. The van der Waals surface area contributed by atoms with Crippen LogP contribution < -0.4 is 5.32 Å². The molecule has 1 rings (SSSR count). The van der Waals surface area contributed by atoms with Crippen LogP contribution in [0.3, 0.4) is 0 Å². The maximum atomic E-state index is 12.8. The molecule has 0 radical (unpaired) electrons. The molecule has 0 spiro atoms. The molecule has 5 heteroatoms. The van der Waals surface area contributed by atoms with Crippen molar-refractivity contribution in [2.75, 3.05) is 26.4 Å². The van der Waals surface area contributed by atoms with E-state index in [0.717, 1.165) is 0 Å². The predicted molar refractivity (Wildman–Crippen MR) is 61.3 cm³/mol. The SMILES string of the molecule is O=C(NCCCOCCO)c1cccc(F)c1. The lowest BCUT2D eigenvalue weighted by molar-refractivity contribution is 0.0867. The molecular weight excluding hydrogens is 225 g/mol. The van der Waals surface area contributed by atoms with Gasteiger partial charge < -0.3 is 15.2 Å². The van der Waals surface area contributed by atoms with Gasteiger partial charge >= 0.3 is 0 Å². The van der Waals surface area contributed by atoms with E-state index in [2.05, 4.69) is 5.32 Å². The van der Waals surface area contributed by atoms with Crippen molar-refractivity contribution in [3.8, 4) is 0 Å². The van der Waals surface area contributed by atoms with Gasteiger partial charge in [0.2, 0.25) is 0 Å². The highest BCUT2D eigenvalue weighted by Gasteiger charge is 2.04. The maximum absolute atomic E-state index is 12.8. The number of hydrogen-bond acceptors (Lipinski definition) is 3. The molecular formula is C12H16FNO3. The largest absolute Gasteiger partial charge is 0.394 e. The van der Waals surface area contributed by atoms with E-state index in [0.29, 0.717) is 31.7 Å². The van der Waals surface area contributed by atoms with Gasteiger partial charge in [0, 0.05) is 18.7 Å². The number of rotatable bonds is 7. The first-order chi connectivity index (χ1) is 8.24. The Kier molecular flexibility index (Phi) is 6.21. The average molecular weight is 241 g/mol. The van der Waals surface area contributed by atoms with Crippen LogP contribution in [0, 0.1) is 5.82 Å². The van der Waals surface area contributed by atoms with Gasteiger partial charge in [-0.2, -0.15) is 0 Å². The lowest BCUT2D eigenvalue weighted by Crippen LogP contribution is -2.25. The van der Waals surface area contributed by atoms with Gasteiger partial charge in [-0.05, 0) is 24.6 Å². The van der Waals surface area contributed by atoms with E-state index in [4.69, 9.17) is 9.84 Å². The fourth-order valence-electron chi connectivity index (χ4n) is 1.27. The third kappa shape index (κ3) is 5.42. The molecule has 1 aromatic carbocycles. The molecule has 0 aliphatic carbocycles. The molecule has 17 heavy (non-hydrogen) atoms. The monoisotopic (exact) mass is 241 g/mol. The minimum Gasteiger partial charge on any atom is -0.394 e. The normalized spacial score (nSPS) is 10.2. The molecule has 0 aromatic heterocycles. The van der Waals surface area contributed by atoms with Crippen LogP contribution in [0.1, 0.15) is 16.8 Å². The van der Waals surface area contributed by atoms with Gasteiger partial charge in [0.15, 0.2) is 0 Å². The van der Waals surface area contributed by atoms with Gasteiger partial charge in [-0.3, -0.25) is 4.79 Å². The third-order valence-corrected chi connectivity index (χ3v) is 2.07. The second-order valence-corrected chi connectivity index (χ2v) is 3.46. The van der Waals surface area contributed by atoms with Gasteiger partial charge in [0.05, 0.1) is 13.2 Å². The molecule has 4 nitrogen and oxygen atoms in total. The summed E-state index contributed by atoms with van der Waals surface area (Å²) in [7, 11) is 0. The highest BCUT2D eigenvalue weighted by Crippen LogP contribution is 2.02. The van der Waals surface area contributed by atoms with E-state index in [-0.39, 0.29) is 12.5 Å². The summed E-state index contributed by atoms with van der Waals surface area (Å²) in [6.07, 6.45) is 0.654. The van der Waals surface area contributed by atoms with E-state index < -0.39 is 5.82 Å². The van der Waals surface area contributed by atoms with Gasteiger partial charge in [-0.25, -0.2) is 4.39 Å². The number of carbonyl (C=O) groups excluding carboxylic acids is 1. The topological polar surface area (TPSA) is 58.6 Å². The minimum absolute atomic E-state index is 0.00431. The highest BCUT2D eigenvalue weighted by atomic mass is 19.1. The van der Waals surface area contributed by atoms with Crippen molar-refractivity contribution in [1.82, 2.24) is 5.32 Å². The third-order valence-electron chi connectivity index (χ3n) is 2.07. The molecule has 0 bridgehead atoms. The maximum Gasteiger partial charge on any atom is 0.251 e. The summed E-state index contributed by atoms with van der Waals surface area (Å²) in [4.78, 5) is 11.5. The van der Waals surface area contributed by atoms with Crippen LogP contribution in [-0.2, 0) is 4.74 Å². The van der Waals surface area contributed by atoms with E-state index in [1.165, 1.54) is 18.2 Å². The van der Waals surface area contributed by atoms with E-state index in [1.807, 2.05) is 0 Å². The lowest BCUT2D eigenvalue weighted by atomic mass is 10.2. The molecule has 0 aliphatic heterocycles. The van der Waals surface area contributed by atoms with Crippen LogP contribution in [-0.4, -0.2) is 37.4 Å². The van der Waals surface area contributed by atoms with Gasteiger partial charge in [0.1, 0.15) is 5.82 Å². The molecule has 2 N–H and O–H groups in total. The van der Waals surface area contributed by atoms with Gasteiger partial charge in [-0.15, -0.1) is 0 Å². The van der Waals surface area contributed by atoms with Gasteiger partial charge in [0.25, 0.3) is 5.91 Å². The summed E-state index contributed by atoms with van der Waals surface area (Å²) < 4.78 is 17.9. The quantitative estimate of drug-likeness (QED) is 0.699. The Bertz CT molecular complexity index is 357. The summed E-state index contributed by atoms with van der Waals surface area (Å²) in [6, 6.07) is 5.53. The Morgan fingerprint density at radius 2 is 2.24 bits per heavy atom. The minimum atomic E-state index is -0.427. The molecule has 0 aliphatic rings. The Labute approximate surface area is 99.4 Å². The van der Waals surface area contributed by atoms with Crippen LogP contribution in [0.5, 0.6) is 0 Å². The zero-order valence-corrected chi connectivity index (χ0v) is 9.49. The summed E-state index contributed by atoms with van der Waals surface area (Å²) in [5, 5.41) is 11.1. The van der Waals surface area contributed by atoms with E-state index in [9.17, 15) is 9.18 Å². The van der Waals surface area contributed by atoms with Crippen LogP contribution in [0.25, 0.3) is 0 Å². The van der Waals surface area contributed by atoms with Crippen molar-refractivity contribution in [3.05, 3.63) is 35.6 Å². The number of carbonyl (C=O) groups is 1. The molecule has 0 saturated heterocycles. The second kappa shape index (κ2) is 7.76. The first kappa shape index (κ1) is 13.6. The van der Waals surface area contributed by atoms with Crippen molar-refractivity contribution in [3.63, 3.8) is 0 Å². The second-order valence-electron chi connectivity index (χ2n) is 3.46. The number of nitrogens with one attached hydrogen (secondary N) is 1. The number of amides is 1. The Morgan fingerprint density at radius 1 is 1.41 bits per heavy atom. The highest BCUT2D eigenvalue weighted by molar-refractivity contribution is 5.94. The van der Waals surface area contributed by atoms with Crippen molar-refractivity contribution in [2.24, 2.45) is 0 Å². The number of aliphatic hydroxyl groups excluding tert-OH is 1. The summed E-state index contributed by atoms with van der Waals surface area (Å²) in [5.41, 5.74) is 0.307. The summed E-state index contributed by atoms with van der Waals surface area (Å²) in [6.45, 7) is 1.23. The average Bonchev–Trinajstić information content (AvgIpc) is 2.33. The smallest absolute Gasteiger partial charge is 0.251 e. The predicted octanol–water partition coefficient (Wildman–Crippen LogP) is 0.954. The Morgan fingerprint density at radius 3 is 2.94 bits per heavy atom. The standard InChI is InChI=1S/C12H16FNO3/c13-11-4-1-3-10(9-11)12(16)14-5-2-7-17-8-6-15/h1,3-4,9,15H,2,5-8H2,(H,14,16). The summed E-state index contributed by atoms with van der Waals surface area (Å²) >= 11 is 0. The van der Waals surface area contributed by atoms with E-state index >= 15 is 0 Å². The molecule has 1 aromatic rings. The first-order valence-electron chi connectivity index (χ1n) is 5.46. The van der Waals surface area contributed by atoms with Crippen LogP contribution in [0.2, 0.25) is 0 Å². The number of hydrogen-bond donors (Lipinski definition) is 2. The molecule has 0 fully saturated rings. The molecule has 0 atom stereocenters. The van der Waals surface area contributed by atoms with Crippen molar-refractivity contribution >= 4 is 5.91 Å². The van der Waals surface area contributed by atoms with Crippen molar-refractivity contribution in [1.29, 1.82) is 0 Å². The van der Waals surface area contributed by atoms with Crippen molar-refractivity contribution in [2.45, 2.75) is 6.42 Å². The lowest BCUT2D eigenvalue weighted by Gasteiger charge is -2.05. The zero-order chi connectivity index (χ0) is 12.5. The number of aliphatic hydroxyl groups is 1. The zero-order valence-electron chi connectivity index (χ0n) is 9.49. The summed E-state index contributed by atoms with van der Waals surface area (Å²) in [5.74, 6) is -0.726. The Hall–Kier alpha value is -1.46. The molecule has 94 valence electrons. The number of ether oxygens (including phenoxy) is 1. The molecule has 0 heterocycles. The number of halogens is 1. The number of benzene rings is 1.